The Bertz CT molecular complexity index is 952. The zero-order valence-electron chi connectivity index (χ0n) is 13.3. The van der Waals surface area contributed by atoms with E-state index < -0.39 is 0 Å². The van der Waals surface area contributed by atoms with Crippen molar-refractivity contribution in [3.63, 3.8) is 0 Å². The number of anilines is 1. The maximum atomic E-state index is 4.84. The Hall–Kier alpha value is -2.79. The molecule has 4 nitrogen and oxygen atoms in total. The third-order valence-electron chi connectivity index (χ3n) is 3.88. The van der Waals surface area contributed by atoms with Crippen molar-refractivity contribution in [3.8, 4) is 11.4 Å². The summed E-state index contributed by atoms with van der Waals surface area (Å²) in [7, 11) is 2.07. The summed E-state index contributed by atoms with van der Waals surface area (Å²) in [5.74, 6) is 1.67. The van der Waals surface area contributed by atoms with Crippen LogP contribution in [0.2, 0.25) is 0 Å². The fraction of sp³-hybridized carbons (Fsp3) is 0.105. The molecule has 3 aromatic heterocycles. The average Bonchev–Trinajstić information content (AvgIpc) is 3.14. The minimum atomic E-state index is 0.725. The molecule has 0 radical (unpaired) electrons. The number of benzene rings is 1. The number of thiophene rings is 1. The van der Waals surface area contributed by atoms with Gasteiger partial charge in [0.15, 0.2) is 5.82 Å². The number of aromatic nitrogens is 3. The first kappa shape index (κ1) is 14.8. The maximum Gasteiger partial charge on any atom is 0.162 e. The molecule has 0 saturated heterocycles. The summed E-state index contributed by atoms with van der Waals surface area (Å²) < 4.78 is 0. The molecule has 0 unspecified atom stereocenters. The van der Waals surface area contributed by atoms with Gasteiger partial charge in [-0.1, -0.05) is 12.1 Å². The van der Waals surface area contributed by atoms with Crippen LogP contribution in [0.3, 0.4) is 0 Å². The van der Waals surface area contributed by atoms with E-state index in [0.717, 1.165) is 34.7 Å². The largest absolute Gasteiger partial charge is 0.355 e. The number of fused-ring (bicyclic) bond motifs is 1. The first-order chi connectivity index (χ1) is 11.8. The molecule has 0 spiro atoms. The first-order valence-electron chi connectivity index (χ1n) is 7.70. The molecular formula is C19H16N4S. The van der Waals surface area contributed by atoms with Crippen molar-refractivity contribution in [3.05, 3.63) is 71.2 Å². The Morgan fingerprint density at radius 2 is 1.83 bits per heavy atom. The molecule has 0 fully saturated rings. The van der Waals surface area contributed by atoms with E-state index in [9.17, 15) is 0 Å². The number of rotatable bonds is 4. The third-order valence-corrected chi connectivity index (χ3v) is 4.62. The van der Waals surface area contributed by atoms with E-state index in [0.29, 0.717) is 0 Å². The van der Waals surface area contributed by atoms with Gasteiger partial charge in [0.25, 0.3) is 0 Å². The van der Waals surface area contributed by atoms with Gasteiger partial charge in [-0.25, -0.2) is 9.97 Å². The lowest BCUT2D eigenvalue weighted by molar-refractivity contribution is 0.905. The van der Waals surface area contributed by atoms with Crippen LogP contribution >= 0.6 is 11.3 Å². The van der Waals surface area contributed by atoms with Gasteiger partial charge in [0.1, 0.15) is 5.82 Å². The summed E-state index contributed by atoms with van der Waals surface area (Å²) in [6, 6.07) is 14.2. The topological polar surface area (TPSA) is 41.9 Å². The molecule has 4 rings (SSSR count). The van der Waals surface area contributed by atoms with Crippen LogP contribution in [0.15, 0.2) is 65.6 Å². The molecule has 118 valence electrons. The lowest BCUT2D eigenvalue weighted by atomic mass is 10.2. The number of hydrogen-bond acceptors (Lipinski definition) is 5. The van der Waals surface area contributed by atoms with E-state index >= 15 is 0 Å². The van der Waals surface area contributed by atoms with Crippen LogP contribution in [0.4, 0.5) is 5.82 Å². The highest BCUT2D eigenvalue weighted by molar-refractivity contribution is 7.07. The van der Waals surface area contributed by atoms with Gasteiger partial charge in [-0.15, -0.1) is 0 Å². The Balaban J connectivity index is 1.83. The van der Waals surface area contributed by atoms with Crippen LogP contribution in [0.5, 0.6) is 0 Å². The molecule has 0 aliphatic carbocycles. The highest BCUT2D eigenvalue weighted by atomic mass is 32.1. The number of hydrogen-bond donors (Lipinski definition) is 0. The lowest BCUT2D eigenvalue weighted by Gasteiger charge is -2.20. The molecule has 0 aliphatic heterocycles. The van der Waals surface area contributed by atoms with Crippen molar-refractivity contribution in [1.82, 2.24) is 15.0 Å². The molecule has 0 saturated carbocycles. The van der Waals surface area contributed by atoms with E-state index in [1.165, 1.54) is 5.56 Å². The van der Waals surface area contributed by atoms with Crippen LogP contribution in [0.1, 0.15) is 5.56 Å². The summed E-state index contributed by atoms with van der Waals surface area (Å²) in [5.41, 5.74) is 3.21. The zero-order valence-corrected chi connectivity index (χ0v) is 14.1. The van der Waals surface area contributed by atoms with E-state index in [1.807, 2.05) is 30.3 Å². The minimum absolute atomic E-state index is 0.725. The first-order valence-corrected chi connectivity index (χ1v) is 8.65. The molecule has 0 aliphatic rings. The van der Waals surface area contributed by atoms with E-state index in [-0.39, 0.29) is 0 Å². The summed E-state index contributed by atoms with van der Waals surface area (Å²) in [6.45, 7) is 0.820. The molecule has 24 heavy (non-hydrogen) atoms. The summed E-state index contributed by atoms with van der Waals surface area (Å²) >= 11 is 1.71. The van der Waals surface area contributed by atoms with Gasteiger partial charge >= 0.3 is 0 Å². The van der Waals surface area contributed by atoms with Crippen molar-refractivity contribution >= 4 is 28.1 Å². The highest BCUT2D eigenvalue weighted by Gasteiger charge is 2.13. The van der Waals surface area contributed by atoms with Crippen LogP contribution in [0, 0.1) is 0 Å². The molecule has 0 amide bonds. The number of para-hydroxylation sites is 1. The fourth-order valence-corrected chi connectivity index (χ4v) is 3.37. The minimum Gasteiger partial charge on any atom is -0.355 e. The molecule has 4 aromatic rings. The van der Waals surface area contributed by atoms with Gasteiger partial charge in [-0.2, -0.15) is 11.3 Å². The molecule has 5 heteroatoms. The predicted octanol–water partition coefficient (Wildman–Crippen LogP) is 4.39. The molecule has 0 bridgehead atoms. The van der Waals surface area contributed by atoms with Crippen LogP contribution in [0.25, 0.3) is 22.3 Å². The van der Waals surface area contributed by atoms with Gasteiger partial charge in [-0.3, -0.25) is 4.98 Å². The monoisotopic (exact) mass is 332 g/mol. The second-order valence-corrected chi connectivity index (χ2v) is 6.39. The summed E-state index contributed by atoms with van der Waals surface area (Å²) in [6.07, 6.45) is 3.53. The van der Waals surface area contributed by atoms with Gasteiger partial charge in [0.2, 0.25) is 0 Å². The summed E-state index contributed by atoms with van der Waals surface area (Å²) in [4.78, 5) is 15.8. The Labute approximate surface area is 144 Å². The predicted molar refractivity (Wildman–Crippen MR) is 99.2 cm³/mol. The van der Waals surface area contributed by atoms with E-state index in [4.69, 9.17) is 9.97 Å². The summed E-state index contributed by atoms with van der Waals surface area (Å²) in [5, 5.41) is 5.33. The van der Waals surface area contributed by atoms with E-state index in [2.05, 4.69) is 39.8 Å². The fourth-order valence-electron chi connectivity index (χ4n) is 2.71. The van der Waals surface area contributed by atoms with Gasteiger partial charge in [-0.05, 0) is 46.7 Å². The number of nitrogens with zero attached hydrogens (tertiary/aromatic N) is 4. The van der Waals surface area contributed by atoms with Gasteiger partial charge < -0.3 is 4.90 Å². The average molecular weight is 332 g/mol. The van der Waals surface area contributed by atoms with Crippen LogP contribution in [-0.4, -0.2) is 22.0 Å². The lowest BCUT2D eigenvalue weighted by Crippen LogP contribution is -2.18. The quantitative estimate of drug-likeness (QED) is 0.556. The van der Waals surface area contributed by atoms with Crippen LogP contribution in [-0.2, 0) is 6.54 Å². The van der Waals surface area contributed by atoms with Crippen molar-refractivity contribution < 1.29 is 0 Å². The second-order valence-electron chi connectivity index (χ2n) is 5.61. The Morgan fingerprint density at radius 1 is 1.00 bits per heavy atom. The third kappa shape index (κ3) is 2.86. The normalized spacial score (nSPS) is 10.9. The molecule has 0 atom stereocenters. The van der Waals surface area contributed by atoms with Crippen molar-refractivity contribution in [2.75, 3.05) is 11.9 Å². The van der Waals surface area contributed by atoms with Crippen molar-refractivity contribution in [1.29, 1.82) is 0 Å². The van der Waals surface area contributed by atoms with Crippen molar-refractivity contribution in [2.45, 2.75) is 6.54 Å². The van der Waals surface area contributed by atoms with Crippen LogP contribution < -0.4 is 4.90 Å². The van der Waals surface area contributed by atoms with E-state index in [1.54, 1.807) is 23.7 Å². The standard InChI is InChI=1S/C19H16N4S/c1-23(12-14-8-11-24-13-14)19-16-4-2-3-5-17(16)21-18(22-19)15-6-9-20-10-7-15/h2-11,13H,12H2,1H3. The maximum absolute atomic E-state index is 4.84. The Morgan fingerprint density at radius 3 is 2.62 bits per heavy atom. The number of pyridine rings is 1. The smallest absolute Gasteiger partial charge is 0.162 e. The highest BCUT2D eigenvalue weighted by Crippen LogP contribution is 2.27. The second kappa shape index (κ2) is 6.37. The Kier molecular flexibility index (Phi) is 3.92. The molecule has 1 aromatic carbocycles. The SMILES string of the molecule is CN(Cc1ccsc1)c1nc(-c2ccncc2)nc2ccccc12. The zero-order chi connectivity index (χ0) is 16.4. The molecule has 3 heterocycles. The molecule has 0 N–H and O–H groups in total. The van der Waals surface area contributed by atoms with Crippen molar-refractivity contribution in [2.24, 2.45) is 0 Å². The van der Waals surface area contributed by atoms with Gasteiger partial charge in [0.05, 0.1) is 5.52 Å². The molecular weight excluding hydrogens is 316 g/mol. The van der Waals surface area contributed by atoms with Gasteiger partial charge in [0, 0.05) is 36.9 Å².